The Hall–Kier alpha value is -2.22. The van der Waals surface area contributed by atoms with Crippen LogP contribution < -0.4 is 10.6 Å². The summed E-state index contributed by atoms with van der Waals surface area (Å²) in [6, 6.07) is 0.814. The quantitative estimate of drug-likeness (QED) is 0.631. The van der Waals surface area contributed by atoms with Crippen molar-refractivity contribution in [2.24, 2.45) is 5.92 Å². The summed E-state index contributed by atoms with van der Waals surface area (Å²) in [4.78, 5) is 25.4. The van der Waals surface area contributed by atoms with Crippen LogP contribution in [0.5, 0.6) is 0 Å². The van der Waals surface area contributed by atoms with E-state index < -0.39 is 35.0 Å². The smallest absolute Gasteiger partial charge is 0.316 e. The molecule has 8 heteroatoms. The maximum Gasteiger partial charge on any atom is 0.316 e. The molecule has 1 aromatic rings. The van der Waals surface area contributed by atoms with Crippen LogP contribution >= 0.6 is 0 Å². The summed E-state index contributed by atoms with van der Waals surface area (Å²) in [5, 5.41) is 9.28. The standard InChI is InChI=1S/C15H16F2N2O4/c16-9-5-10-11(13(18)12(9)17)14(20)8(15(21)22)6-19(10)7-1-3-23-4-2-7/h5,7-8H,1-4,6,18H2,(H,21,22). The average Bonchev–Trinajstić information content (AvgIpc) is 2.53. The average molecular weight is 326 g/mol. The molecule has 2 heterocycles. The molecule has 3 rings (SSSR count). The van der Waals surface area contributed by atoms with Gasteiger partial charge in [-0.15, -0.1) is 0 Å². The molecule has 1 fully saturated rings. The fourth-order valence-electron chi connectivity index (χ4n) is 3.20. The van der Waals surface area contributed by atoms with Gasteiger partial charge in [-0.25, -0.2) is 8.78 Å². The number of anilines is 2. The third-order valence-corrected chi connectivity index (χ3v) is 4.42. The zero-order valence-corrected chi connectivity index (χ0v) is 12.2. The normalized spacial score (nSPS) is 22.1. The van der Waals surface area contributed by atoms with E-state index in [4.69, 9.17) is 10.5 Å². The first-order valence-corrected chi connectivity index (χ1v) is 7.30. The van der Waals surface area contributed by atoms with Crippen molar-refractivity contribution in [3.63, 3.8) is 0 Å². The van der Waals surface area contributed by atoms with E-state index in [1.807, 2.05) is 0 Å². The fraction of sp³-hybridized carbons (Fsp3) is 0.467. The summed E-state index contributed by atoms with van der Waals surface area (Å²) in [6.07, 6.45) is 1.22. The summed E-state index contributed by atoms with van der Waals surface area (Å²) in [5.41, 5.74) is 4.86. The first-order chi connectivity index (χ1) is 10.9. The number of nitrogens with zero attached hydrogens (tertiary/aromatic N) is 1. The highest BCUT2D eigenvalue weighted by molar-refractivity contribution is 6.16. The molecule has 2 aliphatic heterocycles. The van der Waals surface area contributed by atoms with E-state index in [1.165, 1.54) is 0 Å². The van der Waals surface area contributed by atoms with E-state index in [2.05, 4.69) is 0 Å². The topological polar surface area (TPSA) is 92.9 Å². The summed E-state index contributed by atoms with van der Waals surface area (Å²) in [7, 11) is 0. The number of aliphatic carboxylic acids is 1. The Balaban J connectivity index is 2.13. The first kappa shape index (κ1) is 15.7. The molecule has 6 nitrogen and oxygen atoms in total. The van der Waals surface area contributed by atoms with Gasteiger partial charge < -0.3 is 20.5 Å². The number of hydrogen-bond acceptors (Lipinski definition) is 5. The van der Waals surface area contributed by atoms with Gasteiger partial charge in [-0.05, 0) is 12.8 Å². The van der Waals surface area contributed by atoms with Crippen molar-refractivity contribution in [3.8, 4) is 0 Å². The molecule has 1 atom stereocenters. The van der Waals surface area contributed by atoms with Crippen LogP contribution in [0, 0.1) is 17.6 Å². The molecular formula is C15H16F2N2O4. The van der Waals surface area contributed by atoms with Crippen LogP contribution in [-0.2, 0) is 9.53 Å². The van der Waals surface area contributed by atoms with Crippen LogP contribution in [0.15, 0.2) is 6.07 Å². The third-order valence-electron chi connectivity index (χ3n) is 4.42. The van der Waals surface area contributed by atoms with Gasteiger partial charge in [0.25, 0.3) is 0 Å². The van der Waals surface area contributed by atoms with Crippen molar-refractivity contribution in [2.45, 2.75) is 18.9 Å². The number of hydrogen-bond donors (Lipinski definition) is 2. The number of ketones is 1. The van der Waals surface area contributed by atoms with E-state index in [0.717, 1.165) is 6.07 Å². The lowest BCUT2D eigenvalue weighted by molar-refractivity contribution is -0.139. The van der Waals surface area contributed by atoms with Gasteiger partial charge >= 0.3 is 5.97 Å². The van der Waals surface area contributed by atoms with Gasteiger partial charge in [0.2, 0.25) is 0 Å². The van der Waals surface area contributed by atoms with Crippen LogP contribution in [0.4, 0.5) is 20.2 Å². The van der Waals surface area contributed by atoms with Crippen molar-refractivity contribution in [2.75, 3.05) is 30.4 Å². The molecule has 0 bridgehead atoms. The van der Waals surface area contributed by atoms with E-state index >= 15 is 0 Å². The molecule has 23 heavy (non-hydrogen) atoms. The summed E-state index contributed by atoms with van der Waals surface area (Å²) >= 11 is 0. The molecule has 3 N–H and O–H groups in total. The molecule has 0 saturated carbocycles. The largest absolute Gasteiger partial charge is 0.481 e. The molecule has 1 unspecified atom stereocenters. The minimum absolute atomic E-state index is 0.0870. The van der Waals surface area contributed by atoms with E-state index in [-0.39, 0.29) is 23.8 Å². The number of halogens is 2. The van der Waals surface area contributed by atoms with Gasteiger partial charge in [0, 0.05) is 31.9 Å². The van der Waals surface area contributed by atoms with Gasteiger partial charge in [0.1, 0.15) is 5.92 Å². The van der Waals surface area contributed by atoms with Crippen LogP contribution in [0.2, 0.25) is 0 Å². The fourth-order valence-corrected chi connectivity index (χ4v) is 3.20. The highest BCUT2D eigenvalue weighted by Crippen LogP contribution is 2.38. The molecule has 124 valence electrons. The number of fused-ring (bicyclic) bond motifs is 1. The van der Waals surface area contributed by atoms with Crippen molar-refractivity contribution < 1.29 is 28.2 Å². The number of ether oxygens (including phenoxy) is 1. The third kappa shape index (κ3) is 2.52. The SMILES string of the molecule is Nc1c(F)c(F)cc2c1C(=O)C(C(=O)O)CN2C1CCOCC1. The van der Waals surface area contributed by atoms with E-state index in [0.29, 0.717) is 26.1 Å². The molecule has 0 amide bonds. The summed E-state index contributed by atoms with van der Waals surface area (Å²) < 4.78 is 32.8. The van der Waals surface area contributed by atoms with Crippen molar-refractivity contribution in [3.05, 3.63) is 23.3 Å². The second-order valence-corrected chi connectivity index (χ2v) is 5.73. The number of rotatable bonds is 2. The van der Waals surface area contributed by atoms with Gasteiger partial charge in [0.15, 0.2) is 17.4 Å². The number of carboxylic acid groups (broad SMARTS) is 1. The van der Waals surface area contributed by atoms with Crippen molar-refractivity contribution in [1.29, 1.82) is 0 Å². The molecule has 1 saturated heterocycles. The maximum atomic E-state index is 13.8. The maximum absolute atomic E-state index is 13.8. The van der Waals surface area contributed by atoms with Crippen LogP contribution in [0.3, 0.4) is 0 Å². The Labute approximate surface area is 130 Å². The minimum Gasteiger partial charge on any atom is -0.481 e. The Morgan fingerprint density at radius 2 is 2.00 bits per heavy atom. The molecule has 0 aliphatic carbocycles. The number of nitrogens with two attached hydrogens (primary N) is 1. The van der Waals surface area contributed by atoms with Gasteiger partial charge in [-0.3, -0.25) is 9.59 Å². The van der Waals surface area contributed by atoms with E-state index in [9.17, 15) is 23.5 Å². The number of benzene rings is 1. The van der Waals surface area contributed by atoms with Crippen molar-refractivity contribution in [1.82, 2.24) is 0 Å². The molecule has 1 aromatic carbocycles. The highest BCUT2D eigenvalue weighted by Gasteiger charge is 2.41. The zero-order valence-electron chi connectivity index (χ0n) is 12.2. The molecule has 2 aliphatic rings. The molecule has 0 spiro atoms. The lowest BCUT2D eigenvalue weighted by Crippen LogP contribution is -2.49. The first-order valence-electron chi connectivity index (χ1n) is 7.30. The number of carbonyl (C=O) groups is 2. The second kappa shape index (κ2) is 5.77. The summed E-state index contributed by atoms with van der Waals surface area (Å²) in [5.74, 6) is -5.92. The predicted molar refractivity (Wildman–Crippen MR) is 77.4 cm³/mol. The van der Waals surface area contributed by atoms with Crippen LogP contribution in [0.1, 0.15) is 23.2 Å². The predicted octanol–water partition coefficient (Wildman–Crippen LogP) is 1.43. The number of carbonyl (C=O) groups excluding carboxylic acids is 1. The molecule has 0 aromatic heterocycles. The van der Waals surface area contributed by atoms with E-state index in [1.54, 1.807) is 4.90 Å². The van der Waals surface area contributed by atoms with Crippen LogP contribution in [0.25, 0.3) is 0 Å². The Morgan fingerprint density at radius 3 is 2.61 bits per heavy atom. The lowest BCUT2D eigenvalue weighted by atomic mass is 9.87. The summed E-state index contributed by atoms with van der Waals surface area (Å²) in [6.45, 7) is 0.888. The zero-order chi connectivity index (χ0) is 16.7. The lowest BCUT2D eigenvalue weighted by Gasteiger charge is -2.41. The Kier molecular flexibility index (Phi) is 3.93. The van der Waals surface area contributed by atoms with Gasteiger partial charge in [-0.2, -0.15) is 0 Å². The number of carboxylic acids is 1. The molecule has 0 radical (unpaired) electrons. The number of Topliss-reactive ketones (excluding diaryl/α,β-unsaturated/α-hetero) is 1. The van der Waals surface area contributed by atoms with Crippen molar-refractivity contribution >= 4 is 23.1 Å². The van der Waals surface area contributed by atoms with Crippen LogP contribution in [-0.4, -0.2) is 42.7 Å². The highest BCUT2D eigenvalue weighted by atomic mass is 19.2. The second-order valence-electron chi connectivity index (χ2n) is 5.73. The minimum atomic E-state index is -1.35. The number of nitrogen functional groups attached to an aromatic ring is 1. The molecular weight excluding hydrogens is 310 g/mol. The Morgan fingerprint density at radius 1 is 1.35 bits per heavy atom. The van der Waals surface area contributed by atoms with Gasteiger partial charge in [0.05, 0.1) is 16.9 Å². The van der Waals surface area contributed by atoms with Gasteiger partial charge in [-0.1, -0.05) is 0 Å². The monoisotopic (exact) mass is 326 g/mol. The Bertz CT molecular complexity index is 674.